The van der Waals surface area contributed by atoms with Crippen LogP contribution in [0.4, 0.5) is 0 Å². The lowest BCUT2D eigenvalue weighted by molar-refractivity contribution is 1.13. The molecule has 5 heteroatoms. The van der Waals surface area contributed by atoms with Crippen molar-refractivity contribution < 1.29 is 0 Å². The molecule has 2 rings (SSSR count). The average molecular weight is 321 g/mol. The van der Waals surface area contributed by atoms with Gasteiger partial charge >= 0.3 is 0 Å². The van der Waals surface area contributed by atoms with Crippen molar-refractivity contribution in [2.24, 2.45) is 0 Å². The summed E-state index contributed by atoms with van der Waals surface area (Å²) in [6, 6.07) is 9.80. The van der Waals surface area contributed by atoms with Gasteiger partial charge in [0, 0.05) is 23.0 Å². The molecular weight excluding hydrogens is 309 g/mol. The van der Waals surface area contributed by atoms with Crippen LogP contribution in [-0.2, 0) is 6.42 Å². The van der Waals surface area contributed by atoms with Gasteiger partial charge in [-0.2, -0.15) is 0 Å². The molecule has 0 radical (unpaired) electrons. The van der Waals surface area contributed by atoms with Crippen molar-refractivity contribution >= 4 is 47.4 Å². The number of halogens is 3. The van der Waals surface area contributed by atoms with E-state index in [1.54, 1.807) is 11.8 Å². The van der Waals surface area contributed by atoms with Crippen molar-refractivity contribution in [3.05, 3.63) is 58.3 Å². The fourth-order valence-electron chi connectivity index (χ4n) is 1.40. The minimum atomic E-state index is 0. The molecule has 96 valence electrons. The molecule has 1 aromatic carbocycles. The molecule has 0 aliphatic heterocycles. The number of pyridine rings is 1. The van der Waals surface area contributed by atoms with Crippen molar-refractivity contribution in [2.45, 2.75) is 11.3 Å². The molecule has 0 spiro atoms. The summed E-state index contributed by atoms with van der Waals surface area (Å²) in [6.45, 7) is 0. The quantitative estimate of drug-likeness (QED) is 0.723. The Morgan fingerprint density at radius 3 is 2.39 bits per heavy atom. The Morgan fingerprint density at radius 2 is 1.72 bits per heavy atom. The highest BCUT2D eigenvalue weighted by atomic mass is 35.5. The van der Waals surface area contributed by atoms with Gasteiger partial charge in [-0.05, 0) is 42.3 Å². The Balaban J connectivity index is 0.00000162. The zero-order valence-electron chi connectivity index (χ0n) is 9.48. The number of benzene rings is 1. The first-order valence-corrected chi connectivity index (χ1v) is 6.96. The van der Waals surface area contributed by atoms with Gasteiger partial charge in [-0.3, -0.25) is 4.98 Å². The van der Waals surface area contributed by atoms with Crippen molar-refractivity contribution in [3.63, 3.8) is 0 Å². The van der Waals surface area contributed by atoms with Crippen LogP contribution < -0.4 is 0 Å². The predicted molar refractivity (Wildman–Crippen MR) is 82.4 cm³/mol. The molecule has 0 aliphatic rings. The van der Waals surface area contributed by atoms with E-state index in [1.165, 1.54) is 5.56 Å². The van der Waals surface area contributed by atoms with Crippen LogP contribution in [0.25, 0.3) is 0 Å². The second kappa shape index (κ2) is 7.90. The van der Waals surface area contributed by atoms with E-state index in [0.29, 0.717) is 10.0 Å². The van der Waals surface area contributed by atoms with Crippen LogP contribution in [0.1, 0.15) is 5.56 Å². The lowest BCUT2D eigenvalue weighted by Crippen LogP contribution is -1.88. The van der Waals surface area contributed by atoms with Gasteiger partial charge < -0.3 is 0 Å². The average Bonchev–Trinajstić information content (AvgIpc) is 2.35. The minimum Gasteiger partial charge on any atom is -0.265 e. The van der Waals surface area contributed by atoms with E-state index >= 15 is 0 Å². The van der Waals surface area contributed by atoms with E-state index in [1.807, 2.05) is 42.7 Å². The molecule has 1 heterocycles. The lowest BCUT2D eigenvalue weighted by atomic mass is 10.2. The number of nitrogens with zero attached hydrogens (tertiary/aromatic N) is 1. The summed E-state index contributed by atoms with van der Waals surface area (Å²) in [5.41, 5.74) is 1.30. The monoisotopic (exact) mass is 319 g/mol. The van der Waals surface area contributed by atoms with Gasteiger partial charge in [-0.1, -0.05) is 23.2 Å². The minimum absolute atomic E-state index is 0. The Labute approximate surface area is 127 Å². The second-order valence-electron chi connectivity index (χ2n) is 3.53. The van der Waals surface area contributed by atoms with E-state index in [4.69, 9.17) is 23.2 Å². The Hall–Kier alpha value is -0.410. The maximum atomic E-state index is 5.96. The molecule has 2 aromatic rings. The van der Waals surface area contributed by atoms with Gasteiger partial charge in [0.1, 0.15) is 0 Å². The van der Waals surface area contributed by atoms with E-state index < -0.39 is 0 Å². The molecule has 0 fully saturated rings. The Morgan fingerprint density at radius 1 is 1.00 bits per heavy atom. The van der Waals surface area contributed by atoms with Gasteiger partial charge in [0.05, 0.1) is 10.0 Å². The molecule has 0 saturated carbocycles. The summed E-state index contributed by atoms with van der Waals surface area (Å²) >= 11 is 13.6. The van der Waals surface area contributed by atoms with Gasteiger partial charge in [0.2, 0.25) is 0 Å². The first-order valence-electron chi connectivity index (χ1n) is 5.22. The van der Waals surface area contributed by atoms with E-state index in [-0.39, 0.29) is 12.4 Å². The number of aromatic nitrogens is 1. The van der Waals surface area contributed by atoms with Crippen LogP contribution in [0.2, 0.25) is 10.0 Å². The summed E-state index contributed by atoms with van der Waals surface area (Å²) in [5, 5.41) is 1.21. The second-order valence-corrected chi connectivity index (χ2v) is 5.51. The maximum Gasteiger partial charge on any atom is 0.0603 e. The van der Waals surface area contributed by atoms with E-state index in [0.717, 1.165) is 17.1 Å². The van der Waals surface area contributed by atoms with Crippen LogP contribution in [0.5, 0.6) is 0 Å². The third kappa shape index (κ3) is 4.69. The normalized spacial score (nSPS) is 9.89. The third-order valence-corrected chi connectivity index (χ3v) is 4.03. The molecule has 1 aromatic heterocycles. The first-order chi connectivity index (χ1) is 8.25. The van der Waals surface area contributed by atoms with Crippen LogP contribution in [0, 0.1) is 0 Å². The SMILES string of the molecule is Cl.Clc1ccc(SCCc2ccncc2)cc1Cl. The molecule has 0 aliphatic carbocycles. The Kier molecular flexibility index (Phi) is 6.87. The number of hydrogen-bond donors (Lipinski definition) is 0. The zero-order chi connectivity index (χ0) is 12.1. The summed E-state index contributed by atoms with van der Waals surface area (Å²) in [6.07, 6.45) is 4.66. The van der Waals surface area contributed by atoms with Crippen LogP contribution >= 0.6 is 47.4 Å². The van der Waals surface area contributed by atoms with E-state index in [2.05, 4.69) is 4.98 Å². The predicted octanol–water partition coefficient (Wildman–Crippen LogP) is 5.15. The van der Waals surface area contributed by atoms with Crippen LogP contribution in [-0.4, -0.2) is 10.7 Å². The van der Waals surface area contributed by atoms with Gasteiger partial charge in [0.25, 0.3) is 0 Å². The fourth-order valence-corrected chi connectivity index (χ4v) is 2.70. The highest BCUT2D eigenvalue weighted by Gasteiger charge is 2.00. The van der Waals surface area contributed by atoms with Gasteiger partial charge in [0.15, 0.2) is 0 Å². The maximum absolute atomic E-state index is 5.96. The van der Waals surface area contributed by atoms with Gasteiger partial charge in [-0.15, -0.1) is 24.2 Å². The molecular formula is C13H12Cl3NS. The van der Waals surface area contributed by atoms with E-state index in [9.17, 15) is 0 Å². The lowest BCUT2D eigenvalue weighted by Gasteiger charge is -2.03. The summed E-state index contributed by atoms with van der Waals surface area (Å²) < 4.78 is 0. The number of aryl methyl sites for hydroxylation is 1. The summed E-state index contributed by atoms with van der Waals surface area (Å²) in [5.74, 6) is 1.02. The topological polar surface area (TPSA) is 12.9 Å². The molecule has 1 nitrogen and oxygen atoms in total. The largest absolute Gasteiger partial charge is 0.265 e. The molecule has 0 atom stereocenters. The fraction of sp³-hybridized carbons (Fsp3) is 0.154. The Bertz CT molecular complexity index is 491. The molecule has 18 heavy (non-hydrogen) atoms. The summed E-state index contributed by atoms with van der Waals surface area (Å²) in [4.78, 5) is 5.14. The molecule has 0 bridgehead atoms. The smallest absolute Gasteiger partial charge is 0.0603 e. The zero-order valence-corrected chi connectivity index (χ0v) is 12.6. The highest BCUT2D eigenvalue weighted by Crippen LogP contribution is 2.28. The van der Waals surface area contributed by atoms with Crippen molar-refractivity contribution in [1.29, 1.82) is 0 Å². The van der Waals surface area contributed by atoms with Crippen molar-refractivity contribution in [3.8, 4) is 0 Å². The highest BCUT2D eigenvalue weighted by molar-refractivity contribution is 7.99. The van der Waals surface area contributed by atoms with Crippen LogP contribution in [0.15, 0.2) is 47.6 Å². The first kappa shape index (κ1) is 15.6. The molecule has 0 amide bonds. The number of rotatable bonds is 4. The third-order valence-electron chi connectivity index (χ3n) is 2.30. The number of thioether (sulfide) groups is 1. The molecule has 0 N–H and O–H groups in total. The standard InChI is InChI=1S/C13H11Cl2NS.ClH/c14-12-2-1-11(9-13(12)15)17-8-5-10-3-6-16-7-4-10;/h1-4,6-7,9H,5,8H2;1H. The van der Waals surface area contributed by atoms with Crippen molar-refractivity contribution in [1.82, 2.24) is 4.98 Å². The van der Waals surface area contributed by atoms with Crippen LogP contribution in [0.3, 0.4) is 0 Å². The molecule has 0 unspecified atom stereocenters. The van der Waals surface area contributed by atoms with Gasteiger partial charge in [-0.25, -0.2) is 0 Å². The molecule has 0 saturated heterocycles. The number of hydrogen-bond acceptors (Lipinski definition) is 2. The summed E-state index contributed by atoms with van der Waals surface area (Å²) in [7, 11) is 0. The van der Waals surface area contributed by atoms with Crippen molar-refractivity contribution in [2.75, 3.05) is 5.75 Å².